The maximum Gasteiger partial charge on any atom is 0.193 e. The second-order valence-corrected chi connectivity index (χ2v) is 7.34. The van der Waals surface area contributed by atoms with Gasteiger partial charge in [-0.2, -0.15) is 0 Å². The van der Waals surface area contributed by atoms with Crippen LogP contribution in [0.2, 0.25) is 0 Å². The van der Waals surface area contributed by atoms with Crippen LogP contribution in [0, 0.1) is 13.8 Å². The van der Waals surface area contributed by atoms with E-state index in [1.807, 2.05) is 22.2 Å². The molecule has 3 aromatic rings. The number of aliphatic imine (C=N–C) groups is 1. The van der Waals surface area contributed by atoms with E-state index in [4.69, 9.17) is 0 Å². The monoisotopic (exact) mass is 476 g/mol. The zero-order valence-electron chi connectivity index (χ0n) is 13.9. The summed E-state index contributed by atoms with van der Waals surface area (Å²) in [5.41, 5.74) is 2.14. The fraction of sp³-hybridized carbons (Fsp3) is 0.400. The smallest absolute Gasteiger partial charge is 0.193 e. The molecule has 24 heavy (non-hydrogen) atoms. The van der Waals surface area contributed by atoms with E-state index in [0.717, 1.165) is 40.3 Å². The molecule has 0 saturated heterocycles. The average Bonchev–Trinajstić information content (AvgIpc) is 3.18. The van der Waals surface area contributed by atoms with Crippen molar-refractivity contribution in [1.29, 1.82) is 0 Å². The number of hydrogen-bond acceptors (Lipinski definition) is 5. The van der Waals surface area contributed by atoms with E-state index in [1.54, 1.807) is 29.7 Å². The summed E-state index contributed by atoms with van der Waals surface area (Å²) in [6.07, 6.45) is 4.95. The number of guanidine groups is 1. The molecule has 130 valence electrons. The van der Waals surface area contributed by atoms with Crippen LogP contribution < -0.4 is 10.6 Å². The summed E-state index contributed by atoms with van der Waals surface area (Å²) >= 11 is 3.40. The van der Waals surface area contributed by atoms with Gasteiger partial charge in [0.2, 0.25) is 0 Å². The minimum absolute atomic E-state index is 0. The molecule has 3 heterocycles. The highest BCUT2D eigenvalue weighted by Crippen LogP contribution is 2.16. The minimum atomic E-state index is 0. The van der Waals surface area contributed by atoms with Gasteiger partial charge in [0.1, 0.15) is 0 Å². The number of nitrogens with zero attached hydrogens (tertiary/aromatic N) is 4. The molecule has 0 atom stereocenters. The molecular formula is C15H21IN6S2. The number of rotatable bonds is 5. The first-order valence-corrected chi connectivity index (χ1v) is 9.14. The Balaban J connectivity index is 0.00000208. The van der Waals surface area contributed by atoms with Gasteiger partial charge < -0.3 is 10.6 Å². The molecule has 9 heteroatoms. The fourth-order valence-electron chi connectivity index (χ4n) is 2.19. The van der Waals surface area contributed by atoms with E-state index in [1.165, 1.54) is 4.88 Å². The molecule has 0 aliphatic rings. The molecule has 3 rings (SSSR count). The van der Waals surface area contributed by atoms with E-state index in [0.29, 0.717) is 6.54 Å². The highest BCUT2D eigenvalue weighted by Gasteiger charge is 2.06. The normalized spacial score (nSPS) is 11.5. The quantitative estimate of drug-likeness (QED) is 0.338. The summed E-state index contributed by atoms with van der Waals surface area (Å²) in [5, 5.41) is 9.80. The van der Waals surface area contributed by atoms with Crippen LogP contribution in [0.15, 0.2) is 22.8 Å². The number of aromatic nitrogens is 3. The van der Waals surface area contributed by atoms with Gasteiger partial charge in [-0.05, 0) is 13.8 Å². The number of aryl methyl sites for hydroxylation is 2. The Labute approximate surface area is 166 Å². The Kier molecular flexibility index (Phi) is 6.99. The van der Waals surface area contributed by atoms with Gasteiger partial charge in [0.05, 0.1) is 22.9 Å². The molecular weight excluding hydrogens is 455 g/mol. The highest BCUT2D eigenvalue weighted by atomic mass is 127. The number of nitrogens with one attached hydrogen (secondary N) is 2. The Bertz CT molecular complexity index is 771. The van der Waals surface area contributed by atoms with Gasteiger partial charge in [-0.25, -0.2) is 9.97 Å². The lowest BCUT2D eigenvalue weighted by Crippen LogP contribution is -2.37. The Morgan fingerprint density at radius 3 is 2.79 bits per heavy atom. The van der Waals surface area contributed by atoms with Crippen LogP contribution >= 0.6 is 46.7 Å². The Morgan fingerprint density at radius 2 is 2.12 bits per heavy atom. The van der Waals surface area contributed by atoms with E-state index in [2.05, 4.69) is 39.4 Å². The first kappa shape index (κ1) is 19.1. The second kappa shape index (κ2) is 8.77. The van der Waals surface area contributed by atoms with Gasteiger partial charge >= 0.3 is 0 Å². The van der Waals surface area contributed by atoms with Crippen molar-refractivity contribution in [2.75, 3.05) is 13.6 Å². The van der Waals surface area contributed by atoms with Gasteiger partial charge in [0, 0.05) is 42.7 Å². The summed E-state index contributed by atoms with van der Waals surface area (Å²) in [6, 6.07) is 0. The molecule has 0 saturated carbocycles. The minimum Gasteiger partial charge on any atom is -0.356 e. The van der Waals surface area contributed by atoms with Crippen molar-refractivity contribution in [3.8, 4) is 0 Å². The van der Waals surface area contributed by atoms with Gasteiger partial charge in [-0.3, -0.25) is 9.39 Å². The molecule has 0 amide bonds. The molecule has 0 spiro atoms. The van der Waals surface area contributed by atoms with Gasteiger partial charge in [-0.15, -0.1) is 46.7 Å². The molecule has 0 aromatic carbocycles. The summed E-state index contributed by atoms with van der Waals surface area (Å²) < 4.78 is 2.03. The molecule has 2 N–H and O–H groups in total. The van der Waals surface area contributed by atoms with Crippen molar-refractivity contribution >= 4 is 57.6 Å². The lowest BCUT2D eigenvalue weighted by molar-refractivity contribution is 0.783. The molecule has 0 radical (unpaired) electrons. The summed E-state index contributed by atoms with van der Waals surface area (Å²) in [4.78, 5) is 15.6. The van der Waals surface area contributed by atoms with Gasteiger partial charge in [-0.1, -0.05) is 0 Å². The van der Waals surface area contributed by atoms with Gasteiger partial charge in [0.15, 0.2) is 10.9 Å². The third-order valence-corrected chi connectivity index (χ3v) is 5.41. The summed E-state index contributed by atoms with van der Waals surface area (Å²) in [5.74, 6) is 0.784. The SMILES string of the molecule is CN=C(NCCc1nc(C)c(C)s1)NCc1cn2ccsc2n1.I. The van der Waals surface area contributed by atoms with Crippen LogP contribution in [0.4, 0.5) is 0 Å². The average molecular weight is 476 g/mol. The zero-order chi connectivity index (χ0) is 16.2. The van der Waals surface area contributed by atoms with Crippen LogP contribution in [0.25, 0.3) is 4.96 Å². The van der Waals surface area contributed by atoms with Crippen LogP contribution in [-0.4, -0.2) is 33.9 Å². The van der Waals surface area contributed by atoms with Crippen molar-refractivity contribution in [1.82, 2.24) is 25.0 Å². The number of imidazole rings is 1. The zero-order valence-corrected chi connectivity index (χ0v) is 17.8. The van der Waals surface area contributed by atoms with E-state index >= 15 is 0 Å². The summed E-state index contributed by atoms with van der Waals surface area (Å²) in [7, 11) is 1.78. The van der Waals surface area contributed by atoms with E-state index in [-0.39, 0.29) is 24.0 Å². The maximum absolute atomic E-state index is 4.55. The van der Waals surface area contributed by atoms with Crippen LogP contribution in [0.3, 0.4) is 0 Å². The predicted molar refractivity (Wildman–Crippen MR) is 112 cm³/mol. The standard InChI is InChI=1S/C15H20N6S2.HI/c1-10-11(2)23-13(19-10)4-5-17-14(16-3)18-8-12-9-21-6-7-22-15(21)20-12;/h6-7,9H,4-5,8H2,1-3H3,(H2,16,17,18);1H. The van der Waals surface area contributed by atoms with Crippen LogP contribution in [0.1, 0.15) is 21.3 Å². The molecule has 0 bridgehead atoms. The van der Waals surface area contributed by atoms with E-state index in [9.17, 15) is 0 Å². The van der Waals surface area contributed by atoms with E-state index < -0.39 is 0 Å². The molecule has 0 fully saturated rings. The first-order chi connectivity index (χ1) is 11.2. The topological polar surface area (TPSA) is 66.6 Å². The van der Waals surface area contributed by atoms with Crippen molar-refractivity contribution in [3.63, 3.8) is 0 Å². The Morgan fingerprint density at radius 1 is 1.29 bits per heavy atom. The van der Waals surface area contributed by atoms with Crippen LogP contribution in [-0.2, 0) is 13.0 Å². The number of thiazole rings is 2. The first-order valence-electron chi connectivity index (χ1n) is 7.44. The summed E-state index contributed by atoms with van der Waals surface area (Å²) in [6.45, 7) is 5.63. The van der Waals surface area contributed by atoms with Crippen molar-refractivity contribution < 1.29 is 0 Å². The van der Waals surface area contributed by atoms with Crippen molar-refractivity contribution in [2.24, 2.45) is 4.99 Å². The van der Waals surface area contributed by atoms with Crippen molar-refractivity contribution in [3.05, 3.63) is 39.0 Å². The van der Waals surface area contributed by atoms with Crippen LogP contribution in [0.5, 0.6) is 0 Å². The second-order valence-electron chi connectivity index (χ2n) is 5.18. The largest absolute Gasteiger partial charge is 0.356 e. The molecule has 3 aromatic heterocycles. The lowest BCUT2D eigenvalue weighted by Gasteiger charge is -2.10. The highest BCUT2D eigenvalue weighted by molar-refractivity contribution is 14.0. The Hall–Kier alpha value is -1.20. The third-order valence-electron chi connectivity index (χ3n) is 3.51. The molecule has 0 aliphatic carbocycles. The lowest BCUT2D eigenvalue weighted by atomic mass is 10.4. The molecule has 6 nitrogen and oxygen atoms in total. The number of halogens is 1. The fourth-order valence-corrected chi connectivity index (χ4v) is 3.84. The maximum atomic E-state index is 4.55. The van der Waals surface area contributed by atoms with Crippen molar-refractivity contribution in [2.45, 2.75) is 26.8 Å². The third kappa shape index (κ3) is 4.67. The number of hydrogen-bond donors (Lipinski definition) is 2. The molecule has 0 unspecified atom stereocenters. The van der Waals surface area contributed by atoms with Gasteiger partial charge in [0.25, 0.3) is 0 Å². The molecule has 0 aliphatic heterocycles. The number of fused-ring (bicyclic) bond motifs is 1. The predicted octanol–water partition coefficient (Wildman–Crippen LogP) is 2.99.